The molecule has 118 valence electrons. The molecule has 1 fully saturated rings. The number of para-hydroxylation sites is 1. The summed E-state index contributed by atoms with van der Waals surface area (Å²) < 4.78 is 0. The van der Waals surface area contributed by atoms with Gasteiger partial charge in [0.2, 0.25) is 0 Å². The van der Waals surface area contributed by atoms with Crippen molar-refractivity contribution in [2.24, 2.45) is 0 Å². The normalized spacial score (nSPS) is 14.8. The Morgan fingerprint density at radius 3 is 2.50 bits per heavy atom. The van der Waals surface area contributed by atoms with Gasteiger partial charge in [0.15, 0.2) is 0 Å². The molecule has 6 heteroatoms. The van der Waals surface area contributed by atoms with E-state index in [1.807, 2.05) is 13.8 Å². The average Bonchev–Trinajstić information content (AvgIpc) is 3.31. The first kappa shape index (κ1) is 16.0. The largest absolute Gasteiger partial charge is 0.349 e. The monoisotopic (exact) mass is 303 g/mol. The Kier molecular flexibility index (Phi) is 5.14. The van der Waals surface area contributed by atoms with Crippen LogP contribution in [0.5, 0.6) is 0 Å². The second kappa shape index (κ2) is 7.06. The lowest BCUT2D eigenvalue weighted by molar-refractivity contribution is -0.136. The molecule has 0 spiro atoms. The first-order valence-electron chi connectivity index (χ1n) is 7.53. The van der Waals surface area contributed by atoms with Gasteiger partial charge in [-0.15, -0.1) is 0 Å². The number of hydrogen-bond acceptors (Lipinski definition) is 3. The molecule has 0 aliphatic heterocycles. The van der Waals surface area contributed by atoms with Crippen molar-refractivity contribution in [3.05, 3.63) is 29.8 Å². The van der Waals surface area contributed by atoms with Crippen molar-refractivity contribution >= 4 is 23.4 Å². The van der Waals surface area contributed by atoms with Crippen LogP contribution in [-0.4, -0.2) is 29.8 Å². The predicted octanol–water partition coefficient (Wildman–Crippen LogP) is 1.43. The minimum atomic E-state index is -0.771. The highest BCUT2D eigenvalue weighted by atomic mass is 16.2. The molecule has 0 unspecified atom stereocenters. The molecule has 1 atom stereocenters. The number of rotatable bonds is 5. The van der Waals surface area contributed by atoms with Crippen molar-refractivity contribution in [3.63, 3.8) is 0 Å². The predicted molar refractivity (Wildman–Crippen MR) is 83.5 cm³/mol. The lowest BCUT2D eigenvalue weighted by atomic mass is 10.1. The van der Waals surface area contributed by atoms with Crippen LogP contribution < -0.4 is 16.0 Å². The number of carbonyl (C=O) groups is 3. The first-order valence-corrected chi connectivity index (χ1v) is 7.53. The Bertz CT molecular complexity index is 582. The Balaban J connectivity index is 2.03. The Morgan fingerprint density at radius 1 is 1.18 bits per heavy atom. The van der Waals surface area contributed by atoms with Crippen molar-refractivity contribution in [2.75, 3.05) is 5.32 Å². The van der Waals surface area contributed by atoms with Crippen LogP contribution in [0.1, 0.15) is 43.5 Å². The number of carbonyl (C=O) groups excluding carboxylic acids is 3. The highest BCUT2D eigenvalue weighted by molar-refractivity contribution is 6.40. The van der Waals surface area contributed by atoms with Gasteiger partial charge in [-0.2, -0.15) is 0 Å². The van der Waals surface area contributed by atoms with Crippen LogP contribution in [0.15, 0.2) is 24.3 Å². The molecule has 3 N–H and O–H groups in total. The average molecular weight is 303 g/mol. The molecule has 2 rings (SSSR count). The molecule has 0 saturated heterocycles. The van der Waals surface area contributed by atoms with Crippen molar-refractivity contribution in [2.45, 2.75) is 45.2 Å². The smallest absolute Gasteiger partial charge is 0.313 e. The summed E-state index contributed by atoms with van der Waals surface area (Å²) in [4.78, 5) is 35.8. The van der Waals surface area contributed by atoms with Gasteiger partial charge in [0.05, 0.1) is 11.3 Å². The highest BCUT2D eigenvalue weighted by Gasteiger charge is 2.25. The number of anilines is 1. The third kappa shape index (κ3) is 4.31. The minimum Gasteiger partial charge on any atom is -0.349 e. The lowest BCUT2D eigenvalue weighted by Crippen LogP contribution is -2.40. The number of benzene rings is 1. The lowest BCUT2D eigenvalue weighted by Gasteiger charge is -2.13. The summed E-state index contributed by atoms with van der Waals surface area (Å²) >= 11 is 0. The maximum Gasteiger partial charge on any atom is 0.313 e. The van der Waals surface area contributed by atoms with E-state index in [0.29, 0.717) is 11.3 Å². The van der Waals surface area contributed by atoms with E-state index in [9.17, 15) is 14.4 Å². The molecule has 0 heterocycles. The van der Waals surface area contributed by atoms with Crippen molar-refractivity contribution < 1.29 is 14.4 Å². The van der Waals surface area contributed by atoms with E-state index in [1.165, 1.54) is 0 Å². The molecule has 0 bridgehead atoms. The SMILES string of the molecule is CC[C@H](C)NC(=O)C(=O)Nc1ccccc1C(=O)NC1CC1. The summed E-state index contributed by atoms with van der Waals surface area (Å²) in [5.74, 6) is -1.71. The maximum absolute atomic E-state index is 12.1. The van der Waals surface area contributed by atoms with Gasteiger partial charge in [-0.05, 0) is 38.3 Å². The van der Waals surface area contributed by atoms with Gasteiger partial charge in [0.25, 0.3) is 5.91 Å². The highest BCUT2D eigenvalue weighted by Crippen LogP contribution is 2.21. The van der Waals surface area contributed by atoms with Crippen LogP contribution >= 0.6 is 0 Å². The Labute approximate surface area is 129 Å². The van der Waals surface area contributed by atoms with Crippen molar-refractivity contribution in [1.29, 1.82) is 0 Å². The summed E-state index contributed by atoms with van der Waals surface area (Å²) in [6, 6.07) is 6.81. The fourth-order valence-electron chi connectivity index (χ4n) is 1.85. The van der Waals surface area contributed by atoms with Crippen LogP contribution in [0.25, 0.3) is 0 Å². The molecule has 6 nitrogen and oxygen atoms in total. The fraction of sp³-hybridized carbons (Fsp3) is 0.438. The zero-order chi connectivity index (χ0) is 16.1. The van der Waals surface area contributed by atoms with Gasteiger partial charge in [-0.3, -0.25) is 14.4 Å². The third-order valence-corrected chi connectivity index (χ3v) is 3.53. The van der Waals surface area contributed by atoms with Crippen LogP contribution in [0.4, 0.5) is 5.69 Å². The molecule has 3 amide bonds. The van der Waals surface area contributed by atoms with E-state index in [4.69, 9.17) is 0 Å². The minimum absolute atomic E-state index is 0.0772. The summed E-state index contributed by atoms with van der Waals surface area (Å²) in [7, 11) is 0. The molecule has 1 aromatic carbocycles. The quantitative estimate of drug-likeness (QED) is 0.719. The topological polar surface area (TPSA) is 87.3 Å². The second-order valence-electron chi connectivity index (χ2n) is 5.53. The van der Waals surface area contributed by atoms with E-state index in [1.54, 1.807) is 24.3 Å². The van der Waals surface area contributed by atoms with Gasteiger partial charge in [-0.1, -0.05) is 19.1 Å². The Hall–Kier alpha value is -2.37. The molecule has 22 heavy (non-hydrogen) atoms. The second-order valence-corrected chi connectivity index (χ2v) is 5.53. The molecule has 0 aromatic heterocycles. The number of nitrogens with one attached hydrogen (secondary N) is 3. The van der Waals surface area contributed by atoms with Crippen molar-refractivity contribution in [1.82, 2.24) is 10.6 Å². The fourth-order valence-corrected chi connectivity index (χ4v) is 1.85. The standard InChI is InChI=1S/C16H21N3O3/c1-3-10(2)17-15(21)16(22)19-13-7-5-4-6-12(13)14(20)18-11-8-9-11/h4-7,10-11H,3,8-9H2,1-2H3,(H,17,21)(H,18,20)(H,19,22)/t10-/m0/s1. The van der Waals surface area contributed by atoms with Gasteiger partial charge < -0.3 is 16.0 Å². The van der Waals surface area contributed by atoms with Crippen molar-refractivity contribution in [3.8, 4) is 0 Å². The molecular formula is C16H21N3O3. The molecule has 1 aliphatic carbocycles. The van der Waals surface area contributed by atoms with E-state index in [0.717, 1.165) is 19.3 Å². The molecular weight excluding hydrogens is 282 g/mol. The van der Waals surface area contributed by atoms with Gasteiger partial charge in [-0.25, -0.2) is 0 Å². The van der Waals surface area contributed by atoms with Gasteiger partial charge in [0.1, 0.15) is 0 Å². The van der Waals surface area contributed by atoms with Crippen LogP contribution in [0, 0.1) is 0 Å². The molecule has 0 radical (unpaired) electrons. The molecule has 1 aromatic rings. The maximum atomic E-state index is 12.1. The van der Waals surface area contributed by atoms with Gasteiger partial charge >= 0.3 is 11.8 Å². The molecule has 1 saturated carbocycles. The summed E-state index contributed by atoms with van der Waals surface area (Å²) in [6.45, 7) is 3.74. The van der Waals surface area contributed by atoms with Crippen LogP contribution in [0.3, 0.4) is 0 Å². The van der Waals surface area contributed by atoms with Crippen LogP contribution in [-0.2, 0) is 9.59 Å². The first-order chi connectivity index (χ1) is 10.5. The van der Waals surface area contributed by atoms with E-state index >= 15 is 0 Å². The zero-order valence-corrected chi connectivity index (χ0v) is 12.8. The number of amides is 3. The number of hydrogen-bond donors (Lipinski definition) is 3. The van der Waals surface area contributed by atoms with Gasteiger partial charge in [0, 0.05) is 12.1 Å². The van der Waals surface area contributed by atoms with Crippen LogP contribution in [0.2, 0.25) is 0 Å². The third-order valence-electron chi connectivity index (χ3n) is 3.53. The summed E-state index contributed by atoms with van der Waals surface area (Å²) in [5.41, 5.74) is 0.698. The van der Waals surface area contributed by atoms with E-state index in [-0.39, 0.29) is 18.0 Å². The van der Waals surface area contributed by atoms with E-state index < -0.39 is 11.8 Å². The van der Waals surface area contributed by atoms with E-state index in [2.05, 4.69) is 16.0 Å². The Morgan fingerprint density at radius 2 is 1.86 bits per heavy atom. The summed E-state index contributed by atoms with van der Waals surface area (Å²) in [5, 5.41) is 7.96. The zero-order valence-electron chi connectivity index (χ0n) is 12.8. The summed E-state index contributed by atoms with van der Waals surface area (Å²) in [6.07, 6.45) is 2.70. The molecule has 1 aliphatic rings.